The van der Waals surface area contributed by atoms with Gasteiger partial charge in [0.1, 0.15) is 0 Å². The highest BCUT2D eigenvalue weighted by molar-refractivity contribution is 7.96. The number of nitrogens with zero attached hydrogens (tertiary/aromatic N) is 2. The van der Waals surface area contributed by atoms with Crippen LogP contribution in [0.1, 0.15) is 26.7 Å². The zero-order chi connectivity index (χ0) is 10.8. The molecular weight excluding hydrogens is 204 g/mol. The highest BCUT2D eigenvalue weighted by atomic mass is 32.2. The van der Waals surface area contributed by atoms with Gasteiger partial charge in [-0.05, 0) is 57.9 Å². The Kier molecular flexibility index (Phi) is 3.97. The normalized spacial score (nSPS) is 27.2. The van der Waals surface area contributed by atoms with Gasteiger partial charge in [0.25, 0.3) is 0 Å². The summed E-state index contributed by atoms with van der Waals surface area (Å²) in [4.78, 5) is 2.63. The van der Waals surface area contributed by atoms with Crippen LogP contribution in [0.2, 0.25) is 0 Å². The minimum Gasteiger partial charge on any atom is -0.301 e. The van der Waals surface area contributed by atoms with Crippen molar-refractivity contribution in [2.24, 2.45) is 11.8 Å². The maximum absolute atomic E-state index is 2.63. The summed E-state index contributed by atoms with van der Waals surface area (Å²) in [5.74, 6) is 2.02. The van der Waals surface area contributed by atoms with E-state index in [2.05, 4.69) is 29.3 Å². The first-order valence-electron chi connectivity index (χ1n) is 6.23. The zero-order valence-electron chi connectivity index (χ0n) is 10.3. The second-order valence-corrected chi connectivity index (χ2v) is 6.14. The molecule has 2 fully saturated rings. The van der Waals surface area contributed by atoms with Crippen molar-refractivity contribution in [3.8, 4) is 0 Å². The van der Waals surface area contributed by atoms with Gasteiger partial charge in [-0.2, -0.15) is 0 Å². The highest BCUT2D eigenvalue weighted by Gasteiger charge is 2.35. The molecule has 0 aromatic rings. The minimum absolute atomic E-state index is 0.745. The van der Waals surface area contributed by atoms with Crippen LogP contribution in [0.25, 0.3) is 0 Å². The Morgan fingerprint density at radius 2 is 1.67 bits per heavy atom. The van der Waals surface area contributed by atoms with Gasteiger partial charge < -0.3 is 4.90 Å². The molecule has 0 N–H and O–H groups in total. The van der Waals surface area contributed by atoms with Crippen LogP contribution in [0.15, 0.2) is 0 Å². The molecule has 0 aromatic carbocycles. The van der Waals surface area contributed by atoms with Crippen molar-refractivity contribution in [3.63, 3.8) is 0 Å². The number of piperidine rings is 1. The molecule has 2 rings (SSSR count). The molecule has 0 spiro atoms. The summed E-state index contributed by atoms with van der Waals surface area (Å²) in [5, 5.41) is 0. The van der Waals surface area contributed by atoms with Gasteiger partial charge in [-0.3, -0.25) is 4.31 Å². The van der Waals surface area contributed by atoms with E-state index in [1.54, 1.807) is 0 Å². The Bertz CT molecular complexity index is 194. The Labute approximate surface area is 98.5 Å². The summed E-state index contributed by atoms with van der Waals surface area (Å²) < 4.78 is 2.49. The summed E-state index contributed by atoms with van der Waals surface area (Å²) in [6.07, 6.45) is 5.06. The summed E-state index contributed by atoms with van der Waals surface area (Å²) in [6, 6.07) is 0.745. The molecule has 0 saturated carbocycles. The first kappa shape index (κ1) is 11.7. The van der Waals surface area contributed by atoms with Gasteiger partial charge in [0.2, 0.25) is 0 Å². The molecule has 88 valence electrons. The molecule has 0 aliphatic carbocycles. The van der Waals surface area contributed by atoms with Gasteiger partial charge in [-0.15, -0.1) is 0 Å². The average Bonchev–Trinajstić information content (AvgIpc) is 2.17. The van der Waals surface area contributed by atoms with Crippen molar-refractivity contribution >= 4 is 11.9 Å². The Balaban J connectivity index is 1.70. The van der Waals surface area contributed by atoms with Gasteiger partial charge in [-0.1, -0.05) is 11.9 Å². The van der Waals surface area contributed by atoms with Crippen molar-refractivity contribution in [1.82, 2.24) is 9.21 Å². The predicted octanol–water partition coefficient (Wildman–Crippen LogP) is 2.32. The van der Waals surface area contributed by atoms with Crippen LogP contribution in [0.5, 0.6) is 0 Å². The molecule has 2 heterocycles. The van der Waals surface area contributed by atoms with E-state index in [1.807, 2.05) is 11.9 Å². The fourth-order valence-electron chi connectivity index (χ4n) is 2.82. The van der Waals surface area contributed by atoms with Crippen molar-refractivity contribution in [1.29, 1.82) is 0 Å². The van der Waals surface area contributed by atoms with E-state index in [1.165, 1.54) is 39.0 Å². The van der Waals surface area contributed by atoms with E-state index in [0.717, 1.165) is 17.9 Å². The van der Waals surface area contributed by atoms with Crippen LogP contribution in [0.4, 0.5) is 0 Å². The van der Waals surface area contributed by atoms with Crippen LogP contribution in [-0.2, 0) is 0 Å². The zero-order valence-corrected chi connectivity index (χ0v) is 11.1. The fraction of sp³-hybridized carbons (Fsp3) is 1.00. The summed E-state index contributed by atoms with van der Waals surface area (Å²) >= 11 is 1.91. The molecule has 3 heteroatoms. The average molecular weight is 228 g/mol. The van der Waals surface area contributed by atoms with Crippen LogP contribution in [0.3, 0.4) is 0 Å². The molecule has 0 amide bonds. The molecule has 2 saturated heterocycles. The largest absolute Gasteiger partial charge is 0.301 e. The topological polar surface area (TPSA) is 6.48 Å². The third-order valence-corrected chi connectivity index (χ3v) is 4.92. The third-order valence-electron chi connectivity index (χ3n) is 4.11. The summed E-state index contributed by atoms with van der Waals surface area (Å²) in [7, 11) is 0. The Hall–Kier alpha value is 0.270. The minimum atomic E-state index is 0.745. The predicted molar refractivity (Wildman–Crippen MR) is 68.0 cm³/mol. The van der Waals surface area contributed by atoms with Crippen LogP contribution < -0.4 is 0 Å². The van der Waals surface area contributed by atoms with Crippen LogP contribution in [0, 0.1) is 11.8 Å². The van der Waals surface area contributed by atoms with E-state index < -0.39 is 0 Å². The van der Waals surface area contributed by atoms with Crippen LogP contribution >= 0.6 is 11.9 Å². The number of rotatable bonds is 3. The second kappa shape index (κ2) is 5.07. The summed E-state index contributed by atoms with van der Waals surface area (Å²) in [6.45, 7) is 9.98. The van der Waals surface area contributed by atoms with E-state index in [0.29, 0.717) is 0 Å². The SMILES string of the molecule is CSN1CC(C2CCN(C(C)C)CC2)C1. The molecule has 2 aliphatic rings. The standard InChI is InChI=1S/C12H24N2S/c1-10(2)13-6-4-11(5-7-13)12-8-14(9-12)15-3/h10-12H,4-9H2,1-3H3. The molecule has 2 nitrogen and oxygen atoms in total. The highest BCUT2D eigenvalue weighted by Crippen LogP contribution is 2.34. The van der Waals surface area contributed by atoms with Gasteiger partial charge in [0, 0.05) is 19.1 Å². The van der Waals surface area contributed by atoms with Crippen LogP contribution in [-0.4, -0.2) is 47.7 Å². The summed E-state index contributed by atoms with van der Waals surface area (Å²) in [5.41, 5.74) is 0. The van der Waals surface area contributed by atoms with Crippen molar-refractivity contribution < 1.29 is 0 Å². The van der Waals surface area contributed by atoms with E-state index in [4.69, 9.17) is 0 Å². The number of likely N-dealkylation sites (tertiary alicyclic amines) is 1. The molecule has 0 atom stereocenters. The molecule has 0 radical (unpaired) electrons. The van der Waals surface area contributed by atoms with Crippen molar-refractivity contribution in [2.75, 3.05) is 32.4 Å². The van der Waals surface area contributed by atoms with Crippen molar-refractivity contribution in [3.05, 3.63) is 0 Å². The number of hydrogen-bond donors (Lipinski definition) is 0. The Morgan fingerprint density at radius 1 is 1.07 bits per heavy atom. The lowest BCUT2D eigenvalue weighted by molar-refractivity contribution is 0.0715. The van der Waals surface area contributed by atoms with Gasteiger partial charge in [0.15, 0.2) is 0 Å². The van der Waals surface area contributed by atoms with E-state index in [9.17, 15) is 0 Å². The molecular formula is C12H24N2S. The van der Waals surface area contributed by atoms with E-state index in [-0.39, 0.29) is 0 Å². The second-order valence-electron chi connectivity index (χ2n) is 5.26. The quantitative estimate of drug-likeness (QED) is 0.685. The molecule has 0 unspecified atom stereocenters. The fourth-order valence-corrected chi connectivity index (χ4v) is 3.51. The first-order valence-corrected chi connectivity index (χ1v) is 7.42. The van der Waals surface area contributed by atoms with Gasteiger partial charge in [0.05, 0.1) is 0 Å². The van der Waals surface area contributed by atoms with Crippen molar-refractivity contribution in [2.45, 2.75) is 32.7 Å². The van der Waals surface area contributed by atoms with E-state index >= 15 is 0 Å². The molecule has 0 aromatic heterocycles. The molecule has 15 heavy (non-hydrogen) atoms. The first-order chi connectivity index (χ1) is 7.20. The molecule has 0 bridgehead atoms. The Morgan fingerprint density at radius 3 is 2.13 bits per heavy atom. The lowest BCUT2D eigenvalue weighted by atomic mass is 9.80. The van der Waals surface area contributed by atoms with Gasteiger partial charge >= 0.3 is 0 Å². The molecule has 2 aliphatic heterocycles. The van der Waals surface area contributed by atoms with Gasteiger partial charge in [-0.25, -0.2) is 0 Å². The number of hydrogen-bond acceptors (Lipinski definition) is 3. The lowest BCUT2D eigenvalue weighted by Gasteiger charge is -2.45. The monoisotopic (exact) mass is 228 g/mol. The maximum atomic E-state index is 2.63. The maximum Gasteiger partial charge on any atom is 0.0133 e. The smallest absolute Gasteiger partial charge is 0.0133 e. The lowest BCUT2D eigenvalue weighted by Crippen LogP contribution is -2.49. The third kappa shape index (κ3) is 2.69.